The molecule has 0 unspecified atom stereocenters. The molecule has 0 saturated heterocycles. The summed E-state index contributed by atoms with van der Waals surface area (Å²) < 4.78 is 5.35. The zero-order valence-electron chi connectivity index (χ0n) is 10.5. The average molecular weight is 310 g/mol. The van der Waals surface area contributed by atoms with E-state index in [0.29, 0.717) is 21.8 Å². The third-order valence-electron chi connectivity index (χ3n) is 2.81. The Hall–Kier alpha value is -1.66. The minimum Gasteiger partial charge on any atom is -0.482 e. The first-order valence-electron chi connectivity index (χ1n) is 6.23. The Balaban J connectivity index is 1.52. The smallest absolute Gasteiger partial charge is 0.264 e. The van der Waals surface area contributed by atoms with Crippen LogP contribution in [0.4, 0.5) is 5.13 Å². The fourth-order valence-corrected chi connectivity index (χ4v) is 2.76. The molecule has 0 radical (unpaired) electrons. The first-order valence-corrected chi connectivity index (χ1v) is 7.42. The van der Waals surface area contributed by atoms with E-state index in [-0.39, 0.29) is 12.5 Å². The van der Waals surface area contributed by atoms with Crippen LogP contribution in [0.25, 0.3) is 0 Å². The minimum absolute atomic E-state index is 0.109. The normalized spacial score (nSPS) is 14.1. The fraction of sp³-hybridized carbons (Fsp3) is 0.308. The molecule has 20 heavy (non-hydrogen) atoms. The van der Waals surface area contributed by atoms with Crippen molar-refractivity contribution in [2.75, 3.05) is 11.9 Å². The van der Waals surface area contributed by atoms with Crippen LogP contribution in [0.2, 0.25) is 5.02 Å². The van der Waals surface area contributed by atoms with Gasteiger partial charge < -0.3 is 4.74 Å². The van der Waals surface area contributed by atoms with Gasteiger partial charge in [0.05, 0.1) is 5.02 Å². The standard InChI is InChI=1S/C13H12ClN3O2S/c14-9-3-1-2-4-10(9)19-7-11(18)15-13-17-16-12(20-13)8-5-6-8/h1-4,8H,5-7H2,(H,15,17,18). The second-order valence-corrected chi connectivity index (χ2v) is 5.90. The maximum atomic E-state index is 11.8. The Kier molecular flexibility index (Phi) is 3.84. The molecule has 1 amide bonds. The van der Waals surface area contributed by atoms with Gasteiger partial charge in [0.1, 0.15) is 10.8 Å². The van der Waals surface area contributed by atoms with Gasteiger partial charge in [0.25, 0.3) is 5.91 Å². The van der Waals surface area contributed by atoms with Crippen LogP contribution in [0.1, 0.15) is 23.8 Å². The van der Waals surface area contributed by atoms with Gasteiger partial charge in [-0.3, -0.25) is 10.1 Å². The largest absolute Gasteiger partial charge is 0.482 e. The van der Waals surface area contributed by atoms with E-state index in [4.69, 9.17) is 16.3 Å². The van der Waals surface area contributed by atoms with Gasteiger partial charge in [-0.25, -0.2) is 0 Å². The lowest BCUT2D eigenvalue weighted by molar-refractivity contribution is -0.118. The van der Waals surface area contributed by atoms with Crippen LogP contribution in [0.5, 0.6) is 5.75 Å². The molecule has 1 aromatic carbocycles. The van der Waals surface area contributed by atoms with Gasteiger partial charge in [0.2, 0.25) is 5.13 Å². The molecule has 1 aromatic heterocycles. The summed E-state index contributed by atoms with van der Waals surface area (Å²) in [6.07, 6.45) is 2.33. The molecular weight excluding hydrogens is 298 g/mol. The number of rotatable bonds is 5. The van der Waals surface area contributed by atoms with Crippen LogP contribution < -0.4 is 10.1 Å². The SMILES string of the molecule is O=C(COc1ccccc1Cl)Nc1nnc(C2CC2)s1. The summed E-state index contributed by atoms with van der Waals surface area (Å²) in [7, 11) is 0. The Morgan fingerprint density at radius 1 is 1.40 bits per heavy atom. The summed E-state index contributed by atoms with van der Waals surface area (Å²) in [5, 5.41) is 12.7. The molecule has 1 N–H and O–H groups in total. The third-order valence-corrected chi connectivity index (χ3v) is 4.12. The summed E-state index contributed by atoms with van der Waals surface area (Å²) in [5.41, 5.74) is 0. The molecule has 0 atom stereocenters. The predicted molar refractivity (Wildman–Crippen MR) is 77.5 cm³/mol. The number of aromatic nitrogens is 2. The molecule has 0 spiro atoms. The molecule has 104 valence electrons. The van der Waals surface area contributed by atoms with Crippen LogP contribution in [-0.4, -0.2) is 22.7 Å². The van der Waals surface area contributed by atoms with Crippen LogP contribution in [0.15, 0.2) is 24.3 Å². The Bertz CT molecular complexity index is 628. The van der Waals surface area contributed by atoms with E-state index in [1.165, 1.54) is 11.3 Å². The average Bonchev–Trinajstić information content (AvgIpc) is 3.19. The van der Waals surface area contributed by atoms with Crippen molar-refractivity contribution >= 4 is 34.0 Å². The van der Waals surface area contributed by atoms with E-state index in [0.717, 1.165) is 17.8 Å². The summed E-state index contributed by atoms with van der Waals surface area (Å²) in [6.45, 7) is -0.109. The molecule has 5 nitrogen and oxygen atoms in total. The molecule has 1 fully saturated rings. The van der Waals surface area contributed by atoms with E-state index in [1.54, 1.807) is 24.3 Å². The number of hydrogen-bond donors (Lipinski definition) is 1. The second-order valence-electron chi connectivity index (χ2n) is 4.49. The van der Waals surface area contributed by atoms with Crippen LogP contribution in [-0.2, 0) is 4.79 Å². The van der Waals surface area contributed by atoms with Gasteiger partial charge in [-0.05, 0) is 25.0 Å². The lowest BCUT2D eigenvalue weighted by Crippen LogP contribution is -2.20. The molecule has 1 aliphatic rings. The maximum Gasteiger partial charge on any atom is 0.264 e. The van der Waals surface area contributed by atoms with Gasteiger partial charge in [0, 0.05) is 5.92 Å². The number of para-hydroxylation sites is 1. The van der Waals surface area contributed by atoms with Crippen LogP contribution >= 0.6 is 22.9 Å². The van der Waals surface area contributed by atoms with E-state index in [1.807, 2.05) is 0 Å². The molecule has 0 aliphatic heterocycles. The highest BCUT2D eigenvalue weighted by Crippen LogP contribution is 2.42. The Labute approximate surface area is 124 Å². The number of carbonyl (C=O) groups excluding carboxylic acids is 1. The van der Waals surface area contributed by atoms with E-state index < -0.39 is 0 Å². The lowest BCUT2D eigenvalue weighted by atomic mass is 10.3. The Morgan fingerprint density at radius 2 is 2.20 bits per heavy atom. The number of ether oxygens (including phenoxy) is 1. The van der Waals surface area contributed by atoms with Crippen molar-refractivity contribution in [3.05, 3.63) is 34.3 Å². The first-order chi connectivity index (χ1) is 9.72. The molecule has 3 rings (SSSR count). The number of nitrogens with zero attached hydrogens (tertiary/aromatic N) is 2. The molecule has 1 saturated carbocycles. The number of anilines is 1. The van der Waals surface area contributed by atoms with Gasteiger partial charge in [-0.2, -0.15) is 0 Å². The zero-order chi connectivity index (χ0) is 13.9. The number of benzene rings is 1. The van der Waals surface area contributed by atoms with E-state index >= 15 is 0 Å². The molecular formula is C13H12ClN3O2S. The molecule has 1 heterocycles. The fourth-order valence-electron chi connectivity index (χ4n) is 1.64. The molecule has 7 heteroatoms. The Morgan fingerprint density at radius 3 is 2.95 bits per heavy atom. The number of amides is 1. The van der Waals surface area contributed by atoms with Crippen LogP contribution in [0.3, 0.4) is 0 Å². The summed E-state index contributed by atoms with van der Waals surface area (Å²) in [4.78, 5) is 11.8. The topological polar surface area (TPSA) is 64.1 Å². The minimum atomic E-state index is -0.275. The summed E-state index contributed by atoms with van der Waals surface area (Å²) in [6, 6.07) is 7.02. The number of nitrogens with one attached hydrogen (secondary N) is 1. The van der Waals surface area contributed by atoms with E-state index in [9.17, 15) is 4.79 Å². The number of hydrogen-bond acceptors (Lipinski definition) is 5. The molecule has 2 aromatic rings. The maximum absolute atomic E-state index is 11.8. The monoisotopic (exact) mass is 309 g/mol. The summed E-state index contributed by atoms with van der Waals surface area (Å²) in [5.74, 6) is 0.751. The number of carbonyl (C=O) groups is 1. The first kappa shape index (κ1) is 13.3. The predicted octanol–water partition coefficient (Wildman–Crippen LogP) is 3.09. The van der Waals surface area contributed by atoms with E-state index in [2.05, 4.69) is 15.5 Å². The quantitative estimate of drug-likeness (QED) is 0.922. The zero-order valence-corrected chi connectivity index (χ0v) is 12.1. The van der Waals surface area contributed by atoms with Gasteiger partial charge in [-0.1, -0.05) is 35.1 Å². The highest BCUT2D eigenvalue weighted by molar-refractivity contribution is 7.15. The van der Waals surface area contributed by atoms with Crippen molar-refractivity contribution in [3.8, 4) is 5.75 Å². The van der Waals surface area contributed by atoms with Gasteiger partial charge in [0.15, 0.2) is 6.61 Å². The van der Waals surface area contributed by atoms with Crippen molar-refractivity contribution < 1.29 is 9.53 Å². The van der Waals surface area contributed by atoms with Crippen molar-refractivity contribution in [1.82, 2.24) is 10.2 Å². The highest BCUT2D eigenvalue weighted by atomic mass is 35.5. The van der Waals surface area contributed by atoms with Crippen LogP contribution in [0, 0.1) is 0 Å². The molecule has 1 aliphatic carbocycles. The van der Waals surface area contributed by atoms with Gasteiger partial charge >= 0.3 is 0 Å². The lowest BCUT2D eigenvalue weighted by Gasteiger charge is -2.06. The van der Waals surface area contributed by atoms with Crippen molar-refractivity contribution in [3.63, 3.8) is 0 Å². The second kappa shape index (κ2) is 5.76. The highest BCUT2D eigenvalue weighted by Gasteiger charge is 2.27. The number of halogens is 1. The van der Waals surface area contributed by atoms with Crippen molar-refractivity contribution in [2.24, 2.45) is 0 Å². The van der Waals surface area contributed by atoms with Gasteiger partial charge in [-0.15, -0.1) is 10.2 Å². The summed E-state index contributed by atoms with van der Waals surface area (Å²) >= 11 is 7.36. The molecule has 0 bridgehead atoms. The van der Waals surface area contributed by atoms with Crippen molar-refractivity contribution in [1.29, 1.82) is 0 Å². The van der Waals surface area contributed by atoms with Crippen molar-refractivity contribution in [2.45, 2.75) is 18.8 Å². The third kappa shape index (κ3) is 3.26.